The van der Waals surface area contributed by atoms with Crippen molar-refractivity contribution in [3.63, 3.8) is 0 Å². The van der Waals surface area contributed by atoms with E-state index in [0.717, 1.165) is 27.5 Å². The zero-order valence-corrected chi connectivity index (χ0v) is 17.4. The summed E-state index contributed by atoms with van der Waals surface area (Å²) in [5.41, 5.74) is 0.712. The molecule has 0 amide bonds. The third-order valence-electron chi connectivity index (χ3n) is 4.49. The first-order chi connectivity index (χ1) is 14.1. The van der Waals surface area contributed by atoms with E-state index in [4.69, 9.17) is 0 Å². The molecule has 0 spiro atoms. The standard InChI is InChI=1S/C19H15F3N4O2S2/c1-11-5-6-12-4-3-9-23-18(12)17(11)25-30(27,28)16-8-7-14(29-16)13-10-15(19(20,21)22)26(2)24-13/h3-10,25H,1-2H3. The molecule has 11 heteroatoms. The minimum absolute atomic E-state index is 0.0379. The molecule has 0 atom stereocenters. The van der Waals surface area contributed by atoms with Gasteiger partial charge >= 0.3 is 6.18 Å². The van der Waals surface area contributed by atoms with Crippen LogP contribution < -0.4 is 4.72 Å². The van der Waals surface area contributed by atoms with E-state index in [2.05, 4.69) is 14.8 Å². The summed E-state index contributed by atoms with van der Waals surface area (Å²) in [4.78, 5) is 4.58. The summed E-state index contributed by atoms with van der Waals surface area (Å²) in [6.45, 7) is 1.76. The van der Waals surface area contributed by atoms with Gasteiger partial charge in [0.05, 0.1) is 16.1 Å². The van der Waals surface area contributed by atoms with Crippen LogP contribution in [0.1, 0.15) is 11.3 Å². The Bertz CT molecular complexity index is 1360. The van der Waals surface area contributed by atoms with Crippen molar-refractivity contribution in [1.82, 2.24) is 14.8 Å². The summed E-state index contributed by atoms with van der Waals surface area (Å²) in [7, 11) is -2.78. The Morgan fingerprint density at radius 2 is 1.90 bits per heavy atom. The first-order valence-corrected chi connectivity index (χ1v) is 10.9. The lowest BCUT2D eigenvalue weighted by Crippen LogP contribution is -2.13. The van der Waals surface area contributed by atoms with Gasteiger partial charge in [0.2, 0.25) is 0 Å². The zero-order valence-electron chi connectivity index (χ0n) is 15.7. The van der Waals surface area contributed by atoms with E-state index in [9.17, 15) is 21.6 Å². The van der Waals surface area contributed by atoms with E-state index in [1.807, 2.05) is 12.1 Å². The lowest BCUT2D eigenvalue weighted by Gasteiger charge is -2.11. The Morgan fingerprint density at radius 3 is 2.60 bits per heavy atom. The number of hydrogen-bond acceptors (Lipinski definition) is 5. The maximum absolute atomic E-state index is 13.0. The fourth-order valence-electron chi connectivity index (χ4n) is 3.01. The number of halogens is 3. The Hall–Kier alpha value is -2.92. The van der Waals surface area contributed by atoms with E-state index < -0.39 is 21.9 Å². The van der Waals surface area contributed by atoms with Crippen molar-refractivity contribution in [3.8, 4) is 10.6 Å². The van der Waals surface area contributed by atoms with Gasteiger partial charge in [-0.1, -0.05) is 18.2 Å². The van der Waals surface area contributed by atoms with Crippen LogP contribution in [0.15, 0.2) is 52.9 Å². The number of benzene rings is 1. The average Bonchev–Trinajstić information content (AvgIpc) is 3.31. The normalized spacial score (nSPS) is 12.4. The predicted molar refractivity (Wildman–Crippen MR) is 109 cm³/mol. The molecule has 6 nitrogen and oxygen atoms in total. The molecule has 4 rings (SSSR count). The smallest absolute Gasteiger partial charge is 0.276 e. The van der Waals surface area contributed by atoms with Gasteiger partial charge in [0.1, 0.15) is 15.6 Å². The van der Waals surface area contributed by atoms with Crippen LogP contribution in [-0.4, -0.2) is 23.2 Å². The lowest BCUT2D eigenvalue weighted by molar-refractivity contribution is -0.143. The molecular weight excluding hydrogens is 437 g/mol. The van der Waals surface area contributed by atoms with Crippen molar-refractivity contribution in [2.45, 2.75) is 17.3 Å². The SMILES string of the molecule is Cc1ccc2cccnc2c1NS(=O)(=O)c1ccc(-c2cc(C(F)(F)F)n(C)n2)s1. The summed E-state index contributed by atoms with van der Waals surface area (Å²) in [5, 5.41) is 4.64. The number of fused-ring (bicyclic) bond motifs is 1. The van der Waals surface area contributed by atoms with Crippen molar-refractivity contribution in [2.75, 3.05) is 4.72 Å². The van der Waals surface area contributed by atoms with E-state index in [0.29, 0.717) is 21.6 Å². The van der Waals surface area contributed by atoms with E-state index in [1.165, 1.54) is 19.2 Å². The number of thiophene rings is 1. The van der Waals surface area contributed by atoms with Gasteiger partial charge in [0.15, 0.2) is 0 Å². The first kappa shape index (κ1) is 20.4. The number of nitrogens with one attached hydrogen (secondary N) is 1. The van der Waals surface area contributed by atoms with Crippen LogP contribution in [0.5, 0.6) is 0 Å². The van der Waals surface area contributed by atoms with Crippen molar-refractivity contribution in [2.24, 2.45) is 7.05 Å². The highest BCUT2D eigenvalue weighted by Gasteiger charge is 2.35. The largest absolute Gasteiger partial charge is 0.433 e. The topological polar surface area (TPSA) is 76.9 Å². The fourth-order valence-corrected chi connectivity index (χ4v) is 5.42. The second kappa shape index (κ2) is 7.10. The van der Waals surface area contributed by atoms with Gasteiger partial charge in [-0.3, -0.25) is 14.4 Å². The molecule has 1 aromatic carbocycles. The molecule has 0 radical (unpaired) electrons. The van der Waals surface area contributed by atoms with Crippen LogP contribution in [-0.2, 0) is 23.2 Å². The highest BCUT2D eigenvalue weighted by Crippen LogP contribution is 2.36. The Morgan fingerprint density at radius 1 is 1.13 bits per heavy atom. The summed E-state index contributed by atoms with van der Waals surface area (Å²) in [5.74, 6) is 0. The molecule has 0 saturated carbocycles. The number of alkyl halides is 3. The van der Waals surface area contributed by atoms with Crippen LogP contribution in [0.3, 0.4) is 0 Å². The second-order valence-electron chi connectivity index (χ2n) is 6.59. The maximum Gasteiger partial charge on any atom is 0.433 e. The van der Waals surface area contributed by atoms with Crippen molar-refractivity contribution >= 4 is 38.0 Å². The van der Waals surface area contributed by atoms with Crippen molar-refractivity contribution in [1.29, 1.82) is 0 Å². The molecule has 3 heterocycles. The molecule has 0 aliphatic heterocycles. The monoisotopic (exact) mass is 452 g/mol. The lowest BCUT2D eigenvalue weighted by atomic mass is 10.1. The van der Waals surface area contributed by atoms with Crippen molar-refractivity contribution in [3.05, 3.63) is 59.9 Å². The van der Waals surface area contributed by atoms with Gasteiger partial charge in [-0.05, 0) is 36.8 Å². The van der Waals surface area contributed by atoms with Crippen LogP contribution in [0.25, 0.3) is 21.5 Å². The Kier molecular flexibility index (Phi) is 4.82. The number of hydrogen-bond donors (Lipinski definition) is 1. The average molecular weight is 452 g/mol. The highest BCUT2D eigenvalue weighted by molar-refractivity contribution is 7.94. The molecule has 1 N–H and O–H groups in total. The molecule has 156 valence electrons. The Balaban J connectivity index is 1.70. The van der Waals surface area contributed by atoms with Gasteiger partial charge in [-0.25, -0.2) is 8.42 Å². The van der Waals surface area contributed by atoms with E-state index in [-0.39, 0.29) is 9.90 Å². The van der Waals surface area contributed by atoms with Gasteiger partial charge in [0.25, 0.3) is 10.0 Å². The number of sulfonamides is 1. The first-order valence-electron chi connectivity index (χ1n) is 8.65. The van der Waals surface area contributed by atoms with Gasteiger partial charge < -0.3 is 0 Å². The number of nitrogens with zero attached hydrogens (tertiary/aromatic N) is 3. The highest BCUT2D eigenvalue weighted by atomic mass is 32.2. The molecule has 4 aromatic rings. The molecule has 0 aliphatic rings. The number of aryl methyl sites for hydroxylation is 2. The van der Waals surface area contributed by atoms with Gasteiger partial charge in [-0.15, -0.1) is 11.3 Å². The molecule has 0 bridgehead atoms. The summed E-state index contributed by atoms with van der Waals surface area (Å²) >= 11 is 0.842. The van der Waals surface area contributed by atoms with Gasteiger partial charge in [0, 0.05) is 18.6 Å². The summed E-state index contributed by atoms with van der Waals surface area (Å²) in [6.07, 6.45) is -2.98. The van der Waals surface area contributed by atoms with Crippen LogP contribution in [0, 0.1) is 6.92 Å². The zero-order chi connectivity index (χ0) is 21.7. The van der Waals surface area contributed by atoms with Crippen LogP contribution in [0.4, 0.5) is 18.9 Å². The van der Waals surface area contributed by atoms with E-state index >= 15 is 0 Å². The maximum atomic E-state index is 13.0. The summed E-state index contributed by atoms with van der Waals surface area (Å²) < 4.78 is 68.2. The third-order valence-corrected chi connectivity index (χ3v) is 7.44. The Labute approximate surface area is 174 Å². The minimum atomic E-state index is -4.55. The molecule has 0 aliphatic carbocycles. The molecule has 0 unspecified atom stereocenters. The quantitative estimate of drug-likeness (QED) is 0.481. The molecule has 0 saturated heterocycles. The number of rotatable bonds is 4. The van der Waals surface area contributed by atoms with Gasteiger partial charge in [-0.2, -0.15) is 18.3 Å². The molecule has 0 fully saturated rings. The third kappa shape index (κ3) is 3.65. The molecular formula is C19H15F3N4O2S2. The van der Waals surface area contributed by atoms with Crippen LogP contribution >= 0.6 is 11.3 Å². The number of pyridine rings is 1. The number of anilines is 1. The minimum Gasteiger partial charge on any atom is -0.276 e. The van der Waals surface area contributed by atoms with Crippen LogP contribution in [0.2, 0.25) is 0 Å². The second-order valence-corrected chi connectivity index (χ2v) is 9.59. The predicted octanol–water partition coefficient (Wildman–Crippen LogP) is 4.82. The molecule has 3 aromatic heterocycles. The van der Waals surface area contributed by atoms with E-state index in [1.54, 1.807) is 25.3 Å². The van der Waals surface area contributed by atoms with Crippen molar-refractivity contribution < 1.29 is 21.6 Å². The fraction of sp³-hybridized carbons (Fsp3) is 0.158. The number of aromatic nitrogens is 3. The summed E-state index contributed by atoms with van der Waals surface area (Å²) in [6, 6.07) is 10.9. The molecule has 30 heavy (non-hydrogen) atoms.